The Hall–Kier alpha value is -2.17. The highest BCUT2D eigenvalue weighted by Crippen LogP contribution is 2.09. The predicted molar refractivity (Wildman–Crippen MR) is 71.3 cm³/mol. The van der Waals surface area contributed by atoms with Gasteiger partial charge in [-0.1, -0.05) is 6.08 Å². The van der Waals surface area contributed by atoms with Crippen molar-refractivity contribution in [2.45, 2.75) is 26.9 Å². The Bertz CT molecular complexity index is 544. The molecule has 0 saturated carbocycles. The fourth-order valence-electron chi connectivity index (χ4n) is 1.74. The summed E-state index contributed by atoms with van der Waals surface area (Å²) in [5.74, 6) is 1.61. The zero-order valence-electron chi connectivity index (χ0n) is 10.7. The van der Waals surface area contributed by atoms with Crippen molar-refractivity contribution in [1.29, 1.82) is 0 Å². The highest BCUT2D eigenvalue weighted by Gasteiger charge is 2.04. The number of aromatic nitrogens is 4. The summed E-state index contributed by atoms with van der Waals surface area (Å²) in [7, 11) is 0. The zero-order chi connectivity index (χ0) is 13.0. The van der Waals surface area contributed by atoms with Crippen LogP contribution in [0.3, 0.4) is 0 Å². The maximum atomic E-state index is 4.43. The van der Waals surface area contributed by atoms with Crippen LogP contribution in [-0.2, 0) is 13.1 Å². The molecule has 0 amide bonds. The van der Waals surface area contributed by atoms with E-state index in [0.717, 1.165) is 29.7 Å². The van der Waals surface area contributed by atoms with Crippen molar-refractivity contribution in [3.8, 4) is 0 Å². The van der Waals surface area contributed by atoms with E-state index >= 15 is 0 Å². The van der Waals surface area contributed by atoms with Gasteiger partial charge in [0.2, 0.25) is 5.95 Å². The van der Waals surface area contributed by atoms with Gasteiger partial charge in [0.25, 0.3) is 0 Å². The lowest BCUT2D eigenvalue weighted by Crippen LogP contribution is -2.08. The van der Waals surface area contributed by atoms with Gasteiger partial charge < -0.3 is 9.88 Å². The summed E-state index contributed by atoms with van der Waals surface area (Å²) in [4.78, 5) is 12.8. The summed E-state index contributed by atoms with van der Waals surface area (Å²) in [5.41, 5.74) is 1.94. The molecule has 5 heteroatoms. The number of anilines is 1. The lowest BCUT2D eigenvalue weighted by Gasteiger charge is -2.07. The lowest BCUT2D eigenvalue weighted by atomic mass is 10.4. The van der Waals surface area contributed by atoms with Crippen molar-refractivity contribution in [3.63, 3.8) is 0 Å². The molecule has 0 saturated heterocycles. The van der Waals surface area contributed by atoms with Crippen LogP contribution in [0.25, 0.3) is 0 Å². The fourth-order valence-corrected chi connectivity index (χ4v) is 1.74. The van der Waals surface area contributed by atoms with Crippen LogP contribution in [0, 0.1) is 13.8 Å². The highest BCUT2D eigenvalue weighted by atomic mass is 15.2. The summed E-state index contributed by atoms with van der Waals surface area (Å²) >= 11 is 0. The number of hydrogen-bond acceptors (Lipinski definition) is 4. The van der Waals surface area contributed by atoms with Crippen LogP contribution in [0.15, 0.2) is 31.1 Å². The van der Waals surface area contributed by atoms with Crippen LogP contribution in [0.2, 0.25) is 0 Å². The van der Waals surface area contributed by atoms with E-state index in [0.29, 0.717) is 6.54 Å². The van der Waals surface area contributed by atoms with Crippen molar-refractivity contribution in [3.05, 3.63) is 48.3 Å². The zero-order valence-corrected chi connectivity index (χ0v) is 10.7. The third-order valence-electron chi connectivity index (χ3n) is 2.48. The largest absolute Gasteiger partial charge is 0.350 e. The Kier molecular flexibility index (Phi) is 3.72. The average Bonchev–Trinajstić information content (AvgIpc) is 2.68. The minimum Gasteiger partial charge on any atom is -0.350 e. The van der Waals surface area contributed by atoms with Gasteiger partial charge in [-0.3, -0.25) is 0 Å². The molecule has 0 fully saturated rings. The number of rotatable bonds is 5. The molecule has 5 nitrogen and oxygen atoms in total. The van der Waals surface area contributed by atoms with Crippen molar-refractivity contribution >= 4 is 5.95 Å². The Morgan fingerprint density at radius 3 is 2.94 bits per heavy atom. The Labute approximate surface area is 107 Å². The number of hydrogen-bond donors (Lipinski definition) is 1. The molecule has 1 N–H and O–H groups in total. The number of nitrogens with zero attached hydrogens (tertiary/aromatic N) is 4. The molecule has 2 aromatic heterocycles. The van der Waals surface area contributed by atoms with Crippen LogP contribution in [0.4, 0.5) is 5.95 Å². The molecular formula is C13H17N5. The summed E-state index contributed by atoms with van der Waals surface area (Å²) in [6.45, 7) is 8.97. The van der Waals surface area contributed by atoms with Gasteiger partial charge in [0.05, 0.1) is 17.9 Å². The first-order valence-corrected chi connectivity index (χ1v) is 5.86. The topological polar surface area (TPSA) is 55.6 Å². The molecule has 0 aliphatic rings. The third kappa shape index (κ3) is 2.94. The molecule has 0 aliphatic heterocycles. The summed E-state index contributed by atoms with van der Waals surface area (Å²) < 4.78 is 2.02. The molecule has 0 bridgehead atoms. The van der Waals surface area contributed by atoms with Crippen molar-refractivity contribution in [2.24, 2.45) is 0 Å². The molecule has 0 spiro atoms. The van der Waals surface area contributed by atoms with Gasteiger partial charge in [-0.2, -0.15) is 0 Å². The van der Waals surface area contributed by atoms with E-state index in [1.807, 2.05) is 36.8 Å². The Balaban J connectivity index is 2.07. The number of allylic oxidation sites excluding steroid dienone is 1. The number of imidazole rings is 1. The Morgan fingerprint density at radius 2 is 2.22 bits per heavy atom. The van der Waals surface area contributed by atoms with Gasteiger partial charge in [0, 0.05) is 18.9 Å². The minimum absolute atomic E-state index is 0.636. The smallest absolute Gasteiger partial charge is 0.203 e. The van der Waals surface area contributed by atoms with E-state index in [4.69, 9.17) is 0 Å². The van der Waals surface area contributed by atoms with E-state index in [1.165, 1.54) is 0 Å². The van der Waals surface area contributed by atoms with E-state index in [9.17, 15) is 0 Å². The maximum absolute atomic E-state index is 4.43. The highest BCUT2D eigenvalue weighted by molar-refractivity contribution is 5.30. The second-order valence-electron chi connectivity index (χ2n) is 4.10. The molecule has 0 unspecified atom stereocenters. The SMILES string of the molecule is C=CCn1cc(C)nc1NCc1ccnc(C)n1. The van der Waals surface area contributed by atoms with Gasteiger partial charge in [0.1, 0.15) is 5.82 Å². The second-order valence-corrected chi connectivity index (χ2v) is 4.10. The van der Waals surface area contributed by atoms with Crippen molar-refractivity contribution in [1.82, 2.24) is 19.5 Å². The summed E-state index contributed by atoms with van der Waals surface area (Å²) in [5, 5.41) is 3.28. The van der Waals surface area contributed by atoms with Crippen molar-refractivity contribution in [2.75, 3.05) is 5.32 Å². The maximum Gasteiger partial charge on any atom is 0.203 e. The molecule has 0 aromatic carbocycles. The van der Waals surface area contributed by atoms with E-state index in [2.05, 4.69) is 26.8 Å². The summed E-state index contributed by atoms with van der Waals surface area (Å²) in [6, 6.07) is 1.90. The van der Waals surface area contributed by atoms with Gasteiger partial charge in [-0.05, 0) is 19.9 Å². The first kappa shape index (κ1) is 12.3. The molecule has 0 radical (unpaired) electrons. The molecule has 0 atom stereocenters. The quantitative estimate of drug-likeness (QED) is 0.817. The van der Waals surface area contributed by atoms with E-state index in [1.54, 1.807) is 6.20 Å². The van der Waals surface area contributed by atoms with Gasteiger partial charge in [0.15, 0.2) is 0 Å². The van der Waals surface area contributed by atoms with Crippen LogP contribution in [-0.4, -0.2) is 19.5 Å². The molecule has 2 heterocycles. The first-order chi connectivity index (χ1) is 8.69. The van der Waals surface area contributed by atoms with Crippen LogP contribution >= 0.6 is 0 Å². The molecule has 0 aliphatic carbocycles. The van der Waals surface area contributed by atoms with Crippen molar-refractivity contribution < 1.29 is 0 Å². The average molecular weight is 243 g/mol. The van der Waals surface area contributed by atoms with E-state index < -0.39 is 0 Å². The number of aryl methyl sites for hydroxylation is 2. The fraction of sp³-hybridized carbons (Fsp3) is 0.308. The third-order valence-corrected chi connectivity index (χ3v) is 2.48. The molecule has 18 heavy (non-hydrogen) atoms. The molecule has 2 rings (SSSR count). The lowest BCUT2D eigenvalue weighted by molar-refractivity contribution is 0.814. The summed E-state index contributed by atoms with van der Waals surface area (Å²) in [6.07, 6.45) is 5.61. The molecular weight excluding hydrogens is 226 g/mol. The second kappa shape index (κ2) is 5.44. The van der Waals surface area contributed by atoms with Gasteiger partial charge in [-0.25, -0.2) is 15.0 Å². The first-order valence-electron chi connectivity index (χ1n) is 5.86. The van der Waals surface area contributed by atoms with Gasteiger partial charge in [-0.15, -0.1) is 6.58 Å². The normalized spacial score (nSPS) is 10.3. The Morgan fingerprint density at radius 1 is 1.39 bits per heavy atom. The van der Waals surface area contributed by atoms with Crippen LogP contribution in [0.1, 0.15) is 17.2 Å². The minimum atomic E-state index is 0.636. The van der Waals surface area contributed by atoms with Crippen LogP contribution in [0.5, 0.6) is 0 Å². The number of nitrogens with one attached hydrogen (secondary N) is 1. The molecule has 94 valence electrons. The predicted octanol–water partition coefficient (Wildman–Crippen LogP) is 2.09. The monoisotopic (exact) mass is 243 g/mol. The van der Waals surface area contributed by atoms with Gasteiger partial charge >= 0.3 is 0 Å². The van der Waals surface area contributed by atoms with Crippen LogP contribution < -0.4 is 5.32 Å². The van der Waals surface area contributed by atoms with E-state index in [-0.39, 0.29) is 0 Å². The standard InChI is InChI=1S/C13H17N5/c1-4-7-18-9-10(2)16-13(18)15-8-12-5-6-14-11(3)17-12/h4-6,9H,1,7-8H2,2-3H3,(H,15,16). The molecule has 2 aromatic rings.